The number of nitrogens with zero attached hydrogens (tertiary/aromatic N) is 2. The van der Waals surface area contributed by atoms with Gasteiger partial charge in [-0.05, 0) is 22.4 Å². The SMILES string of the molecule is CCCOCCOc1ncnc(Cl)c1Br. The predicted molar refractivity (Wildman–Crippen MR) is 61.3 cm³/mol. The van der Waals surface area contributed by atoms with Crippen LogP contribution in [-0.4, -0.2) is 29.8 Å². The third-order valence-electron chi connectivity index (χ3n) is 1.53. The fourth-order valence-electron chi connectivity index (χ4n) is 0.878. The van der Waals surface area contributed by atoms with Gasteiger partial charge in [-0.15, -0.1) is 0 Å². The maximum atomic E-state index is 5.77. The van der Waals surface area contributed by atoms with Gasteiger partial charge in [-0.25, -0.2) is 9.97 Å². The van der Waals surface area contributed by atoms with E-state index in [9.17, 15) is 0 Å². The Morgan fingerprint density at radius 1 is 1.33 bits per heavy atom. The Kier molecular flexibility index (Phi) is 5.90. The lowest BCUT2D eigenvalue weighted by atomic mass is 10.5. The van der Waals surface area contributed by atoms with Gasteiger partial charge < -0.3 is 9.47 Å². The Morgan fingerprint density at radius 2 is 2.13 bits per heavy atom. The first-order valence-corrected chi connectivity index (χ1v) is 5.79. The van der Waals surface area contributed by atoms with E-state index < -0.39 is 0 Å². The molecule has 0 atom stereocenters. The van der Waals surface area contributed by atoms with E-state index in [1.54, 1.807) is 0 Å². The maximum absolute atomic E-state index is 5.77. The second-order valence-electron chi connectivity index (χ2n) is 2.74. The first kappa shape index (κ1) is 12.7. The second kappa shape index (κ2) is 6.98. The monoisotopic (exact) mass is 294 g/mol. The van der Waals surface area contributed by atoms with Gasteiger partial charge in [0.05, 0.1) is 6.61 Å². The van der Waals surface area contributed by atoms with E-state index in [0.29, 0.717) is 28.7 Å². The molecule has 0 spiro atoms. The average Bonchev–Trinajstić information content (AvgIpc) is 2.24. The number of aromatic nitrogens is 2. The van der Waals surface area contributed by atoms with Gasteiger partial charge in [-0.2, -0.15) is 0 Å². The molecule has 0 saturated heterocycles. The van der Waals surface area contributed by atoms with E-state index in [4.69, 9.17) is 21.1 Å². The molecule has 0 aliphatic carbocycles. The normalized spacial score (nSPS) is 10.3. The van der Waals surface area contributed by atoms with Crippen molar-refractivity contribution in [2.24, 2.45) is 0 Å². The highest BCUT2D eigenvalue weighted by atomic mass is 79.9. The Morgan fingerprint density at radius 3 is 2.87 bits per heavy atom. The molecule has 0 fully saturated rings. The van der Waals surface area contributed by atoms with Crippen LogP contribution in [0, 0.1) is 0 Å². The van der Waals surface area contributed by atoms with Crippen molar-refractivity contribution in [2.45, 2.75) is 13.3 Å². The van der Waals surface area contributed by atoms with Crippen LogP contribution in [0.3, 0.4) is 0 Å². The van der Waals surface area contributed by atoms with Crippen LogP contribution in [-0.2, 0) is 4.74 Å². The van der Waals surface area contributed by atoms with E-state index in [1.807, 2.05) is 0 Å². The summed E-state index contributed by atoms with van der Waals surface area (Å²) in [5, 5.41) is 0.342. The van der Waals surface area contributed by atoms with E-state index in [1.165, 1.54) is 6.33 Å². The molecule has 0 unspecified atom stereocenters. The summed E-state index contributed by atoms with van der Waals surface area (Å²) in [5.41, 5.74) is 0. The third-order valence-corrected chi connectivity index (χ3v) is 2.76. The maximum Gasteiger partial charge on any atom is 0.232 e. The van der Waals surface area contributed by atoms with Crippen LogP contribution in [0.5, 0.6) is 5.88 Å². The summed E-state index contributed by atoms with van der Waals surface area (Å²) in [7, 11) is 0. The van der Waals surface area contributed by atoms with E-state index in [0.717, 1.165) is 13.0 Å². The smallest absolute Gasteiger partial charge is 0.232 e. The second-order valence-corrected chi connectivity index (χ2v) is 3.90. The van der Waals surface area contributed by atoms with Crippen LogP contribution in [0.2, 0.25) is 5.15 Å². The zero-order chi connectivity index (χ0) is 11.1. The standard InChI is InChI=1S/C9H12BrClN2O2/c1-2-3-14-4-5-15-9-7(10)8(11)12-6-13-9/h6H,2-5H2,1H3. The van der Waals surface area contributed by atoms with Crippen LogP contribution >= 0.6 is 27.5 Å². The Hall–Kier alpha value is -0.390. The highest BCUT2D eigenvalue weighted by Crippen LogP contribution is 2.27. The summed E-state index contributed by atoms with van der Waals surface area (Å²) in [6, 6.07) is 0. The molecular weight excluding hydrogens is 283 g/mol. The molecule has 15 heavy (non-hydrogen) atoms. The Bertz CT molecular complexity index is 312. The fourth-order valence-corrected chi connectivity index (χ4v) is 1.32. The van der Waals surface area contributed by atoms with Crippen LogP contribution in [0.15, 0.2) is 10.8 Å². The molecule has 1 heterocycles. The molecular formula is C9H12BrClN2O2. The number of rotatable bonds is 6. The first-order chi connectivity index (χ1) is 7.25. The molecule has 0 aromatic carbocycles. The van der Waals surface area contributed by atoms with Crippen molar-refractivity contribution in [3.05, 3.63) is 16.0 Å². The summed E-state index contributed by atoms with van der Waals surface area (Å²) in [6.07, 6.45) is 2.36. The van der Waals surface area contributed by atoms with E-state index >= 15 is 0 Å². The number of ether oxygens (including phenoxy) is 2. The largest absolute Gasteiger partial charge is 0.474 e. The summed E-state index contributed by atoms with van der Waals surface area (Å²) in [6.45, 7) is 3.80. The van der Waals surface area contributed by atoms with E-state index in [-0.39, 0.29) is 0 Å². The zero-order valence-corrected chi connectivity index (χ0v) is 10.7. The highest BCUT2D eigenvalue weighted by Gasteiger charge is 2.07. The number of hydrogen-bond donors (Lipinski definition) is 0. The zero-order valence-electron chi connectivity index (χ0n) is 8.37. The summed E-state index contributed by atoms with van der Waals surface area (Å²) >= 11 is 9.01. The molecule has 84 valence electrons. The van der Waals surface area contributed by atoms with Gasteiger partial charge >= 0.3 is 0 Å². The number of hydrogen-bond acceptors (Lipinski definition) is 4. The van der Waals surface area contributed by atoms with Gasteiger partial charge in [0.25, 0.3) is 0 Å². The molecule has 0 aliphatic rings. The van der Waals surface area contributed by atoms with E-state index in [2.05, 4.69) is 32.8 Å². The molecule has 0 radical (unpaired) electrons. The Labute approximate surface area is 102 Å². The van der Waals surface area contributed by atoms with Crippen molar-refractivity contribution in [3.63, 3.8) is 0 Å². The van der Waals surface area contributed by atoms with Crippen LogP contribution in [0.4, 0.5) is 0 Å². The molecule has 4 nitrogen and oxygen atoms in total. The molecule has 0 N–H and O–H groups in total. The van der Waals surface area contributed by atoms with Crippen LogP contribution < -0.4 is 4.74 Å². The number of halogens is 2. The minimum absolute atomic E-state index is 0.342. The predicted octanol–water partition coefficient (Wildman–Crippen LogP) is 2.70. The topological polar surface area (TPSA) is 44.2 Å². The van der Waals surface area contributed by atoms with Gasteiger partial charge in [0.1, 0.15) is 17.4 Å². The third kappa shape index (κ3) is 4.32. The minimum atomic E-state index is 0.342. The van der Waals surface area contributed by atoms with Gasteiger partial charge in [-0.3, -0.25) is 0 Å². The van der Waals surface area contributed by atoms with Crippen molar-refractivity contribution in [1.82, 2.24) is 9.97 Å². The first-order valence-electron chi connectivity index (χ1n) is 4.62. The summed E-state index contributed by atoms with van der Waals surface area (Å²) < 4.78 is 11.2. The minimum Gasteiger partial charge on any atom is -0.474 e. The lowest BCUT2D eigenvalue weighted by Gasteiger charge is -2.07. The summed E-state index contributed by atoms with van der Waals surface area (Å²) in [4.78, 5) is 7.73. The Balaban J connectivity index is 2.34. The molecule has 1 aromatic heterocycles. The molecule has 0 amide bonds. The highest BCUT2D eigenvalue weighted by molar-refractivity contribution is 9.10. The quantitative estimate of drug-likeness (QED) is 0.598. The van der Waals surface area contributed by atoms with Crippen molar-refractivity contribution in [2.75, 3.05) is 19.8 Å². The van der Waals surface area contributed by atoms with Crippen molar-refractivity contribution in [3.8, 4) is 5.88 Å². The fraction of sp³-hybridized carbons (Fsp3) is 0.556. The lowest BCUT2D eigenvalue weighted by Crippen LogP contribution is -2.08. The lowest BCUT2D eigenvalue weighted by molar-refractivity contribution is 0.0987. The summed E-state index contributed by atoms with van der Waals surface area (Å²) in [5.74, 6) is 0.440. The molecule has 1 aromatic rings. The van der Waals surface area contributed by atoms with Crippen molar-refractivity contribution >= 4 is 27.5 Å². The molecule has 0 aliphatic heterocycles. The molecule has 6 heteroatoms. The van der Waals surface area contributed by atoms with Gasteiger partial charge in [0.2, 0.25) is 5.88 Å². The van der Waals surface area contributed by atoms with Crippen molar-refractivity contribution < 1.29 is 9.47 Å². The molecule has 0 saturated carbocycles. The molecule has 1 rings (SSSR count). The average molecular weight is 296 g/mol. The van der Waals surface area contributed by atoms with Crippen LogP contribution in [0.1, 0.15) is 13.3 Å². The molecule has 0 bridgehead atoms. The van der Waals surface area contributed by atoms with Gasteiger partial charge in [0, 0.05) is 6.61 Å². The van der Waals surface area contributed by atoms with Gasteiger partial charge in [-0.1, -0.05) is 18.5 Å². The van der Waals surface area contributed by atoms with Gasteiger partial charge in [0.15, 0.2) is 5.15 Å². The van der Waals surface area contributed by atoms with Crippen LogP contribution in [0.25, 0.3) is 0 Å². The van der Waals surface area contributed by atoms with Crippen molar-refractivity contribution in [1.29, 1.82) is 0 Å².